The molecule has 3 heterocycles. The fraction of sp³-hybridized carbons (Fsp3) is 0.143. The number of benzene rings is 1. The summed E-state index contributed by atoms with van der Waals surface area (Å²) in [4.78, 5) is 16.7. The quantitative estimate of drug-likeness (QED) is 0.540. The first-order chi connectivity index (χ1) is 13.6. The van der Waals surface area contributed by atoms with Gasteiger partial charge in [0.05, 0.1) is 30.0 Å². The maximum Gasteiger partial charge on any atom is 0.248 e. The summed E-state index contributed by atoms with van der Waals surface area (Å²) in [5.74, 6) is -0.232. The van der Waals surface area contributed by atoms with Gasteiger partial charge in [0.25, 0.3) is 0 Å². The van der Waals surface area contributed by atoms with Crippen LogP contribution in [0.5, 0.6) is 0 Å². The highest BCUT2D eigenvalue weighted by molar-refractivity contribution is 6.02. The standard InChI is InChI=1S/C21H20N6O/c1-15(2)27-21-17(12-24-27)10-18(13-22-21)25-20(28)9-8-16-11-23-26(14-16)19-6-4-3-5-7-19/h3-15H,1-2H3,(H,25,28)/b9-8+. The van der Waals surface area contributed by atoms with Crippen molar-refractivity contribution in [2.75, 3.05) is 5.32 Å². The molecular weight excluding hydrogens is 352 g/mol. The third-order valence-electron chi connectivity index (χ3n) is 4.24. The van der Waals surface area contributed by atoms with Crippen molar-refractivity contribution in [3.63, 3.8) is 0 Å². The van der Waals surface area contributed by atoms with Crippen LogP contribution in [0.3, 0.4) is 0 Å². The molecule has 0 radical (unpaired) electrons. The molecule has 0 aliphatic heterocycles. The molecule has 28 heavy (non-hydrogen) atoms. The zero-order valence-electron chi connectivity index (χ0n) is 15.6. The van der Waals surface area contributed by atoms with E-state index in [2.05, 4.69) is 34.3 Å². The number of carbonyl (C=O) groups is 1. The van der Waals surface area contributed by atoms with Crippen LogP contribution in [-0.2, 0) is 4.79 Å². The van der Waals surface area contributed by atoms with Gasteiger partial charge < -0.3 is 5.32 Å². The summed E-state index contributed by atoms with van der Waals surface area (Å²) in [6, 6.07) is 11.9. The van der Waals surface area contributed by atoms with Crippen molar-refractivity contribution in [3.8, 4) is 5.69 Å². The van der Waals surface area contributed by atoms with Crippen LogP contribution < -0.4 is 5.32 Å². The highest BCUT2D eigenvalue weighted by Gasteiger charge is 2.08. The maximum atomic E-state index is 12.2. The van der Waals surface area contributed by atoms with Gasteiger partial charge in [-0.3, -0.25) is 4.79 Å². The van der Waals surface area contributed by atoms with Crippen LogP contribution in [0, 0.1) is 0 Å². The predicted molar refractivity (Wildman–Crippen MR) is 109 cm³/mol. The summed E-state index contributed by atoms with van der Waals surface area (Å²) >= 11 is 0. The maximum absolute atomic E-state index is 12.2. The highest BCUT2D eigenvalue weighted by Crippen LogP contribution is 2.19. The van der Waals surface area contributed by atoms with Gasteiger partial charge in [0.1, 0.15) is 0 Å². The Hall–Kier alpha value is -3.74. The minimum absolute atomic E-state index is 0.227. The lowest BCUT2D eigenvalue weighted by Gasteiger charge is -2.06. The van der Waals surface area contributed by atoms with Crippen molar-refractivity contribution in [2.24, 2.45) is 0 Å². The minimum atomic E-state index is -0.232. The number of nitrogens with zero attached hydrogens (tertiary/aromatic N) is 5. The molecule has 1 N–H and O–H groups in total. The topological polar surface area (TPSA) is 77.6 Å². The van der Waals surface area contributed by atoms with Gasteiger partial charge in [0.2, 0.25) is 5.91 Å². The van der Waals surface area contributed by atoms with Crippen LogP contribution in [0.2, 0.25) is 0 Å². The molecule has 1 amide bonds. The Kier molecular flexibility index (Phi) is 4.72. The number of amides is 1. The Morgan fingerprint density at radius 1 is 1.11 bits per heavy atom. The molecule has 7 nitrogen and oxygen atoms in total. The normalized spacial score (nSPS) is 11.5. The van der Waals surface area contributed by atoms with E-state index in [1.165, 1.54) is 6.08 Å². The Bertz CT molecular complexity index is 1140. The molecule has 4 aromatic rings. The molecular formula is C21H20N6O. The number of anilines is 1. The van der Waals surface area contributed by atoms with Gasteiger partial charge in [-0.05, 0) is 38.1 Å². The van der Waals surface area contributed by atoms with Crippen molar-refractivity contribution in [1.82, 2.24) is 24.5 Å². The Morgan fingerprint density at radius 3 is 2.71 bits per heavy atom. The Morgan fingerprint density at radius 2 is 1.93 bits per heavy atom. The number of aromatic nitrogens is 5. The number of carbonyl (C=O) groups excluding carboxylic acids is 1. The summed E-state index contributed by atoms with van der Waals surface area (Å²) in [6.07, 6.45) is 10.2. The zero-order chi connectivity index (χ0) is 19.5. The van der Waals surface area contributed by atoms with Gasteiger partial charge in [-0.15, -0.1) is 0 Å². The number of rotatable bonds is 5. The second-order valence-corrected chi connectivity index (χ2v) is 6.70. The highest BCUT2D eigenvalue weighted by atomic mass is 16.1. The second-order valence-electron chi connectivity index (χ2n) is 6.70. The SMILES string of the molecule is CC(C)n1ncc2cc(NC(=O)/C=C/c3cnn(-c4ccccc4)c3)cnc21. The zero-order valence-corrected chi connectivity index (χ0v) is 15.6. The molecule has 0 spiro atoms. The molecule has 0 aliphatic carbocycles. The number of nitrogens with one attached hydrogen (secondary N) is 1. The smallest absolute Gasteiger partial charge is 0.248 e. The van der Waals surface area contributed by atoms with E-state index < -0.39 is 0 Å². The number of hydrogen-bond acceptors (Lipinski definition) is 4. The molecule has 0 unspecified atom stereocenters. The first kappa shape index (κ1) is 17.7. The predicted octanol–water partition coefficient (Wildman–Crippen LogP) is 3.85. The monoisotopic (exact) mass is 372 g/mol. The van der Waals surface area contributed by atoms with Crippen molar-refractivity contribution in [2.45, 2.75) is 19.9 Å². The van der Waals surface area contributed by atoms with Crippen molar-refractivity contribution in [1.29, 1.82) is 0 Å². The molecule has 3 aromatic heterocycles. The lowest BCUT2D eigenvalue weighted by molar-refractivity contribution is -0.111. The van der Waals surface area contributed by atoms with E-state index in [9.17, 15) is 4.79 Å². The number of fused-ring (bicyclic) bond motifs is 1. The minimum Gasteiger partial charge on any atom is -0.321 e. The van der Waals surface area contributed by atoms with E-state index in [1.54, 1.807) is 29.3 Å². The average molecular weight is 372 g/mol. The lowest BCUT2D eigenvalue weighted by Crippen LogP contribution is -2.08. The summed E-state index contributed by atoms with van der Waals surface area (Å²) < 4.78 is 3.62. The summed E-state index contributed by atoms with van der Waals surface area (Å²) in [7, 11) is 0. The van der Waals surface area contributed by atoms with Crippen LogP contribution in [0.15, 0.2) is 67.3 Å². The van der Waals surface area contributed by atoms with E-state index in [4.69, 9.17) is 0 Å². The number of hydrogen-bond donors (Lipinski definition) is 1. The first-order valence-corrected chi connectivity index (χ1v) is 9.02. The van der Waals surface area contributed by atoms with Gasteiger partial charge in [0.15, 0.2) is 5.65 Å². The molecule has 0 aliphatic rings. The fourth-order valence-electron chi connectivity index (χ4n) is 2.89. The van der Waals surface area contributed by atoms with Crippen molar-refractivity contribution in [3.05, 3.63) is 72.8 Å². The molecule has 0 saturated carbocycles. The van der Waals surface area contributed by atoms with Gasteiger partial charge in [-0.1, -0.05) is 18.2 Å². The van der Waals surface area contributed by atoms with Gasteiger partial charge in [-0.25, -0.2) is 14.3 Å². The van der Waals surface area contributed by atoms with Gasteiger partial charge in [-0.2, -0.15) is 10.2 Å². The molecule has 0 fully saturated rings. The largest absolute Gasteiger partial charge is 0.321 e. The van der Waals surface area contributed by atoms with Crippen molar-refractivity contribution < 1.29 is 4.79 Å². The van der Waals surface area contributed by atoms with Crippen LogP contribution >= 0.6 is 0 Å². The van der Waals surface area contributed by atoms with E-state index in [0.717, 1.165) is 22.3 Å². The first-order valence-electron chi connectivity index (χ1n) is 9.02. The Balaban J connectivity index is 1.44. The number of para-hydroxylation sites is 1. The van der Waals surface area contributed by atoms with Crippen LogP contribution in [0.1, 0.15) is 25.5 Å². The van der Waals surface area contributed by atoms with E-state index >= 15 is 0 Å². The van der Waals surface area contributed by atoms with Crippen LogP contribution in [0.25, 0.3) is 22.8 Å². The van der Waals surface area contributed by atoms with Crippen LogP contribution in [0.4, 0.5) is 5.69 Å². The number of pyridine rings is 1. The fourth-order valence-corrected chi connectivity index (χ4v) is 2.89. The van der Waals surface area contributed by atoms with E-state index in [-0.39, 0.29) is 11.9 Å². The van der Waals surface area contributed by atoms with Crippen LogP contribution in [-0.4, -0.2) is 30.5 Å². The van der Waals surface area contributed by atoms with Gasteiger partial charge in [0, 0.05) is 29.3 Å². The summed E-state index contributed by atoms with van der Waals surface area (Å²) in [5, 5.41) is 12.4. The third kappa shape index (κ3) is 3.68. The molecule has 4 rings (SSSR count). The Labute approximate surface area is 162 Å². The molecule has 7 heteroatoms. The average Bonchev–Trinajstić information content (AvgIpc) is 3.34. The molecule has 0 atom stereocenters. The van der Waals surface area contributed by atoms with E-state index in [0.29, 0.717) is 5.69 Å². The van der Waals surface area contributed by atoms with Gasteiger partial charge >= 0.3 is 0 Å². The molecule has 0 saturated heterocycles. The third-order valence-corrected chi connectivity index (χ3v) is 4.24. The summed E-state index contributed by atoms with van der Waals surface area (Å²) in [6.45, 7) is 4.10. The lowest BCUT2D eigenvalue weighted by atomic mass is 10.3. The van der Waals surface area contributed by atoms with Crippen molar-refractivity contribution >= 4 is 28.7 Å². The molecule has 0 bridgehead atoms. The molecule has 140 valence electrons. The summed E-state index contributed by atoms with van der Waals surface area (Å²) in [5.41, 5.74) is 3.24. The molecule has 1 aromatic carbocycles. The second kappa shape index (κ2) is 7.48. The van der Waals surface area contributed by atoms with E-state index in [1.807, 2.05) is 47.3 Å².